The Hall–Kier alpha value is -3.14. The van der Waals surface area contributed by atoms with Crippen molar-refractivity contribution in [1.29, 1.82) is 0 Å². The minimum absolute atomic E-state index is 0.0136. The molecule has 0 rings (SSSR count). The van der Waals surface area contributed by atoms with Crippen LogP contribution in [0.5, 0.6) is 0 Å². The molecule has 0 radical (unpaired) electrons. The minimum atomic E-state index is -4.55. The van der Waals surface area contributed by atoms with E-state index >= 15 is 0 Å². The maximum absolute atomic E-state index is 12.7. The summed E-state index contributed by atoms with van der Waals surface area (Å²) in [6, 6.07) is 0. The largest absolute Gasteiger partial charge is 0.472 e. The number of aliphatic hydroxyl groups excluding tert-OH is 2. The molecule has 0 aromatic carbocycles. The van der Waals surface area contributed by atoms with Crippen LogP contribution < -0.4 is 0 Å². The van der Waals surface area contributed by atoms with Crippen molar-refractivity contribution in [1.82, 2.24) is 0 Å². The Kier molecular flexibility index (Phi) is 50.8. The van der Waals surface area contributed by atoms with Gasteiger partial charge in [-0.25, -0.2) is 4.57 Å². The fourth-order valence-corrected chi connectivity index (χ4v) is 7.44. The molecule has 0 saturated heterocycles. The Labute approximate surface area is 415 Å². The van der Waals surface area contributed by atoms with E-state index in [2.05, 4.69) is 135 Å². The molecule has 0 aromatic rings. The highest BCUT2D eigenvalue weighted by Crippen LogP contribution is 2.43. The molecule has 0 bridgehead atoms. The van der Waals surface area contributed by atoms with Crippen molar-refractivity contribution in [2.45, 2.75) is 206 Å². The zero-order chi connectivity index (χ0) is 49.5. The SMILES string of the molecule is CC/C=C\C/C=C\C/C=C\C/C=C\C/C=C\C/C=C\C/C=C\CCCC(=O)OC(COCCCCCCCCCCC/C=C\C/C=C\C/C=C\CCCCCCC)COP(=O)(O)OCC(O)CO. The molecule has 0 aromatic heterocycles. The second-order valence-electron chi connectivity index (χ2n) is 17.2. The van der Waals surface area contributed by atoms with Gasteiger partial charge in [0.2, 0.25) is 0 Å². The average Bonchev–Trinajstić information content (AvgIpc) is 3.33. The fourth-order valence-electron chi connectivity index (χ4n) is 6.65. The molecule has 0 heterocycles. The summed E-state index contributed by atoms with van der Waals surface area (Å²) in [4.78, 5) is 22.7. The third-order valence-electron chi connectivity index (χ3n) is 10.6. The molecule has 10 heteroatoms. The van der Waals surface area contributed by atoms with E-state index in [9.17, 15) is 19.4 Å². The quantitative estimate of drug-likeness (QED) is 0.0236. The van der Waals surface area contributed by atoms with Gasteiger partial charge in [0.25, 0.3) is 0 Å². The van der Waals surface area contributed by atoms with E-state index in [0.29, 0.717) is 13.0 Å². The van der Waals surface area contributed by atoms with Crippen molar-refractivity contribution < 1.29 is 43.0 Å². The van der Waals surface area contributed by atoms with Crippen molar-refractivity contribution in [3.63, 3.8) is 0 Å². The van der Waals surface area contributed by atoms with E-state index in [1.165, 1.54) is 77.0 Å². The number of esters is 1. The van der Waals surface area contributed by atoms with E-state index in [1.54, 1.807) is 0 Å². The van der Waals surface area contributed by atoms with Crippen LogP contribution in [0.15, 0.2) is 122 Å². The summed E-state index contributed by atoms with van der Waals surface area (Å²) in [5.41, 5.74) is 0. The Morgan fingerprint density at radius 3 is 1.26 bits per heavy atom. The average molecular weight is 969 g/mol. The van der Waals surface area contributed by atoms with Crippen LogP contribution in [-0.4, -0.2) is 66.3 Å². The number of carbonyl (C=O) groups is 1. The van der Waals surface area contributed by atoms with Crippen molar-refractivity contribution in [3.05, 3.63) is 122 Å². The number of phosphoric ester groups is 1. The number of phosphoric acid groups is 1. The van der Waals surface area contributed by atoms with Crippen LogP contribution in [0.1, 0.15) is 194 Å². The number of carbonyl (C=O) groups excluding carboxylic acids is 1. The fraction of sp³-hybridized carbons (Fsp3) is 0.638. The molecular weight excluding hydrogens is 872 g/mol. The molecule has 0 fully saturated rings. The van der Waals surface area contributed by atoms with Gasteiger partial charge in [-0.15, -0.1) is 0 Å². The monoisotopic (exact) mass is 969 g/mol. The first-order valence-electron chi connectivity index (χ1n) is 26.5. The first-order valence-corrected chi connectivity index (χ1v) is 28.0. The molecule has 388 valence electrons. The molecule has 0 saturated carbocycles. The maximum Gasteiger partial charge on any atom is 0.472 e. The van der Waals surface area contributed by atoms with Crippen molar-refractivity contribution >= 4 is 13.8 Å². The molecule has 3 atom stereocenters. The van der Waals surface area contributed by atoms with Gasteiger partial charge in [0.1, 0.15) is 12.2 Å². The molecule has 68 heavy (non-hydrogen) atoms. The van der Waals surface area contributed by atoms with Gasteiger partial charge in [-0.05, 0) is 103 Å². The van der Waals surface area contributed by atoms with Crippen molar-refractivity contribution in [2.75, 3.05) is 33.0 Å². The second kappa shape index (κ2) is 53.2. The number of hydrogen-bond donors (Lipinski definition) is 3. The van der Waals surface area contributed by atoms with E-state index in [4.69, 9.17) is 23.6 Å². The van der Waals surface area contributed by atoms with Gasteiger partial charge >= 0.3 is 13.8 Å². The number of ether oxygens (including phenoxy) is 2. The van der Waals surface area contributed by atoms with E-state index in [0.717, 1.165) is 89.9 Å². The van der Waals surface area contributed by atoms with E-state index < -0.39 is 45.8 Å². The lowest BCUT2D eigenvalue weighted by molar-refractivity contribution is -0.154. The summed E-state index contributed by atoms with van der Waals surface area (Å²) in [5.74, 6) is -0.446. The first kappa shape index (κ1) is 64.9. The van der Waals surface area contributed by atoms with Gasteiger partial charge in [-0.3, -0.25) is 13.8 Å². The van der Waals surface area contributed by atoms with Crippen molar-refractivity contribution in [2.24, 2.45) is 0 Å². The van der Waals surface area contributed by atoms with Gasteiger partial charge in [0.15, 0.2) is 0 Å². The van der Waals surface area contributed by atoms with Crippen LogP contribution in [0.4, 0.5) is 0 Å². The highest BCUT2D eigenvalue weighted by Gasteiger charge is 2.26. The standard InChI is InChI=1S/C58H97O9P/c1-3-5-7-9-11-13-15-17-19-21-23-25-27-29-31-33-35-37-39-41-43-45-47-49-51-64-54-57(55-66-68(62,63)65-53-56(60)52-59)67-58(61)50-48-46-44-42-40-38-36-34-32-30-28-26-24-22-20-18-16-14-12-10-8-6-4-2/h6,8,12,14-15,17-18,20-21,23-24,26-27,29-30,32,36,38,42,44,56-57,59-60H,3-5,7,9-11,13,16,19,22,25,28,31,33-35,37,39-41,43,45-55H2,1-2H3,(H,62,63)/b8-6-,14-12-,17-15-,20-18-,23-21-,26-24-,29-27-,32-30-,38-36-,44-42-. The van der Waals surface area contributed by atoms with Gasteiger partial charge in [0, 0.05) is 13.0 Å². The molecule has 0 aliphatic carbocycles. The second-order valence-corrected chi connectivity index (χ2v) is 18.6. The minimum Gasteiger partial charge on any atom is -0.457 e. The summed E-state index contributed by atoms with van der Waals surface area (Å²) >= 11 is 0. The zero-order valence-electron chi connectivity index (χ0n) is 42.8. The normalized spacial score (nSPS) is 14.7. The molecule has 0 aliphatic rings. The number of aliphatic hydroxyl groups is 2. The van der Waals surface area contributed by atoms with Crippen LogP contribution in [0, 0.1) is 0 Å². The molecule has 3 unspecified atom stereocenters. The zero-order valence-corrected chi connectivity index (χ0v) is 43.7. The first-order chi connectivity index (χ1) is 33.3. The summed E-state index contributed by atoms with van der Waals surface area (Å²) in [6.45, 7) is 3.29. The number of hydrogen-bond acceptors (Lipinski definition) is 8. The lowest BCUT2D eigenvalue weighted by Crippen LogP contribution is -2.29. The van der Waals surface area contributed by atoms with E-state index in [1.807, 2.05) is 0 Å². The van der Waals surface area contributed by atoms with Crippen LogP contribution in [0.2, 0.25) is 0 Å². The third kappa shape index (κ3) is 52.2. The summed E-state index contributed by atoms with van der Waals surface area (Å²) in [7, 11) is -4.55. The lowest BCUT2D eigenvalue weighted by Gasteiger charge is -2.20. The molecule has 0 amide bonds. The maximum atomic E-state index is 12.7. The Morgan fingerprint density at radius 2 is 0.838 bits per heavy atom. The van der Waals surface area contributed by atoms with Crippen LogP contribution in [0.25, 0.3) is 0 Å². The molecule has 0 aliphatic heterocycles. The predicted molar refractivity (Wildman–Crippen MR) is 288 cm³/mol. The summed E-state index contributed by atoms with van der Waals surface area (Å²) in [6.07, 6.45) is 71.7. The number of allylic oxidation sites excluding steroid dienone is 20. The summed E-state index contributed by atoms with van der Waals surface area (Å²) in [5, 5.41) is 18.4. The summed E-state index contributed by atoms with van der Waals surface area (Å²) < 4.78 is 33.5. The lowest BCUT2D eigenvalue weighted by atomic mass is 10.1. The Balaban J connectivity index is 4.22. The number of unbranched alkanes of at least 4 members (excludes halogenated alkanes) is 15. The molecular formula is C58H97O9P. The topological polar surface area (TPSA) is 132 Å². The van der Waals surface area contributed by atoms with Crippen molar-refractivity contribution in [3.8, 4) is 0 Å². The molecule has 0 spiro atoms. The van der Waals surface area contributed by atoms with Gasteiger partial charge < -0.3 is 24.6 Å². The molecule has 9 nitrogen and oxygen atoms in total. The van der Waals surface area contributed by atoms with Gasteiger partial charge in [0.05, 0.1) is 26.4 Å². The number of rotatable bonds is 49. The smallest absolute Gasteiger partial charge is 0.457 e. The predicted octanol–water partition coefficient (Wildman–Crippen LogP) is 15.9. The Bertz CT molecular complexity index is 1470. The third-order valence-corrected chi connectivity index (χ3v) is 11.6. The van der Waals surface area contributed by atoms with Crippen LogP contribution >= 0.6 is 7.82 Å². The van der Waals surface area contributed by atoms with Crippen LogP contribution in [0.3, 0.4) is 0 Å². The highest BCUT2D eigenvalue weighted by molar-refractivity contribution is 7.47. The van der Waals surface area contributed by atoms with E-state index in [-0.39, 0.29) is 13.0 Å². The Morgan fingerprint density at radius 1 is 0.471 bits per heavy atom. The van der Waals surface area contributed by atoms with Crippen LogP contribution in [-0.2, 0) is 27.9 Å². The molecule has 3 N–H and O–H groups in total. The van der Waals surface area contributed by atoms with Gasteiger partial charge in [-0.2, -0.15) is 0 Å². The van der Waals surface area contributed by atoms with Gasteiger partial charge in [-0.1, -0.05) is 206 Å². The highest BCUT2D eigenvalue weighted by atomic mass is 31.2.